The van der Waals surface area contributed by atoms with Crippen LogP contribution >= 0.6 is 11.3 Å². The van der Waals surface area contributed by atoms with Gasteiger partial charge in [-0.25, -0.2) is 14.5 Å². The molecule has 7 heteroatoms. The first kappa shape index (κ1) is 17.5. The number of amides is 1. The molecular weight excluding hydrogens is 382 g/mol. The smallest absolute Gasteiger partial charge is 0.278 e. The first-order chi connectivity index (χ1) is 14.1. The molecule has 5 aromatic rings. The highest BCUT2D eigenvalue weighted by Gasteiger charge is 2.15. The highest BCUT2D eigenvalue weighted by molar-refractivity contribution is 7.14. The third-order valence-electron chi connectivity index (χ3n) is 4.76. The summed E-state index contributed by atoms with van der Waals surface area (Å²) in [7, 11) is 0. The lowest BCUT2D eigenvalue weighted by atomic mass is 10.0. The standard InChI is InChI=1S/C22H17N5OS/c1-13-10-14(2)27-20(23-13)11-18(26-27)21(28)25-22-24-19(12-29-22)17-9-5-7-15-6-3-4-8-16(15)17/h3-12H,1-2H3,(H,24,25,28). The lowest BCUT2D eigenvalue weighted by molar-refractivity contribution is 0.102. The predicted molar refractivity (Wildman–Crippen MR) is 115 cm³/mol. The maximum Gasteiger partial charge on any atom is 0.278 e. The van der Waals surface area contributed by atoms with Crippen LogP contribution in [0.1, 0.15) is 21.9 Å². The summed E-state index contributed by atoms with van der Waals surface area (Å²) in [4.78, 5) is 21.7. The molecule has 3 heterocycles. The minimum Gasteiger partial charge on any atom is -0.296 e. The van der Waals surface area contributed by atoms with E-state index in [0.29, 0.717) is 16.5 Å². The fourth-order valence-corrected chi connectivity index (χ4v) is 4.17. The number of hydrogen-bond acceptors (Lipinski definition) is 5. The normalized spacial score (nSPS) is 11.2. The average molecular weight is 399 g/mol. The number of thiazole rings is 1. The molecule has 0 bridgehead atoms. The van der Waals surface area contributed by atoms with Crippen molar-refractivity contribution in [3.05, 3.63) is 77.1 Å². The van der Waals surface area contributed by atoms with Gasteiger partial charge in [0.15, 0.2) is 16.5 Å². The maximum absolute atomic E-state index is 12.7. The number of carbonyl (C=O) groups excluding carboxylic acids is 1. The van der Waals surface area contributed by atoms with E-state index in [0.717, 1.165) is 33.4 Å². The number of aryl methyl sites for hydroxylation is 2. The topological polar surface area (TPSA) is 72.2 Å². The molecule has 0 spiro atoms. The average Bonchev–Trinajstić information content (AvgIpc) is 3.35. The molecule has 142 valence electrons. The number of hydrogen-bond donors (Lipinski definition) is 1. The molecule has 1 amide bonds. The van der Waals surface area contributed by atoms with E-state index in [2.05, 4.69) is 38.6 Å². The van der Waals surface area contributed by atoms with Crippen LogP contribution in [0.2, 0.25) is 0 Å². The molecule has 0 unspecified atom stereocenters. The van der Waals surface area contributed by atoms with Crippen molar-refractivity contribution in [3.63, 3.8) is 0 Å². The van der Waals surface area contributed by atoms with Gasteiger partial charge in [0, 0.05) is 28.4 Å². The van der Waals surface area contributed by atoms with Crippen molar-refractivity contribution >= 4 is 38.8 Å². The van der Waals surface area contributed by atoms with Crippen LogP contribution in [0, 0.1) is 13.8 Å². The molecular formula is C22H17N5OS. The van der Waals surface area contributed by atoms with Gasteiger partial charge in [-0.15, -0.1) is 11.3 Å². The van der Waals surface area contributed by atoms with Crippen molar-refractivity contribution in [2.24, 2.45) is 0 Å². The highest BCUT2D eigenvalue weighted by Crippen LogP contribution is 2.31. The monoisotopic (exact) mass is 399 g/mol. The third-order valence-corrected chi connectivity index (χ3v) is 5.51. The summed E-state index contributed by atoms with van der Waals surface area (Å²) >= 11 is 1.40. The van der Waals surface area contributed by atoms with Crippen LogP contribution in [0.15, 0.2) is 60.0 Å². The fourth-order valence-electron chi connectivity index (χ4n) is 3.46. The van der Waals surface area contributed by atoms with Gasteiger partial charge < -0.3 is 0 Å². The zero-order valence-corrected chi connectivity index (χ0v) is 16.7. The Balaban J connectivity index is 1.44. The molecule has 3 aromatic heterocycles. The Bertz CT molecular complexity index is 1380. The zero-order valence-electron chi connectivity index (χ0n) is 15.9. The Morgan fingerprint density at radius 2 is 1.86 bits per heavy atom. The highest BCUT2D eigenvalue weighted by atomic mass is 32.1. The summed E-state index contributed by atoms with van der Waals surface area (Å²) in [5.41, 5.74) is 4.67. The van der Waals surface area contributed by atoms with Crippen LogP contribution < -0.4 is 5.32 Å². The number of aromatic nitrogens is 4. The Morgan fingerprint density at radius 1 is 1.03 bits per heavy atom. The molecule has 0 fully saturated rings. The minimum absolute atomic E-state index is 0.300. The molecule has 6 nitrogen and oxygen atoms in total. The van der Waals surface area contributed by atoms with E-state index in [1.54, 1.807) is 10.6 Å². The largest absolute Gasteiger partial charge is 0.296 e. The van der Waals surface area contributed by atoms with Crippen LogP contribution in [0.3, 0.4) is 0 Å². The quantitative estimate of drug-likeness (QED) is 0.470. The van der Waals surface area contributed by atoms with Gasteiger partial charge in [0.05, 0.1) is 5.69 Å². The van der Waals surface area contributed by atoms with Crippen LogP contribution in [-0.2, 0) is 0 Å². The summed E-state index contributed by atoms with van der Waals surface area (Å²) in [5.74, 6) is -0.300. The summed E-state index contributed by atoms with van der Waals surface area (Å²) in [6.45, 7) is 3.86. The second-order valence-electron chi connectivity index (χ2n) is 6.86. The van der Waals surface area contributed by atoms with Gasteiger partial charge in [-0.2, -0.15) is 5.10 Å². The van der Waals surface area contributed by atoms with Crippen molar-refractivity contribution < 1.29 is 4.79 Å². The summed E-state index contributed by atoms with van der Waals surface area (Å²) in [6, 6.07) is 18.0. The summed E-state index contributed by atoms with van der Waals surface area (Å²) < 4.78 is 1.67. The number of carbonyl (C=O) groups is 1. The second kappa shape index (κ2) is 6.79. The molecule has 0 atom stereocenters. The van der Waals surface area contributed by atoms with Gasteiger partial charge in [-0.1, -0.05) is 42.5 Å². The van der Waals surface area contributed by atoms with E-state index >= 15 is 0 Å². The Labute approximate surface area is 170 Å². The van der Waals surface area contributed by atoms with Gasteiger partial charge in [0.25, 0.3) is 5.91 Å². The van der Waals surface area contributed by atoms with Gasteiger partial charge in [-0.05, 0) is 30.7 Å². The van der Waals surface area contributed by atoms with E-state index in [-0.39, 0.29) is 5.91 Å². The molecule has 0 radical (unpaired) electrons. The van der Waals surface area contributed by atoms with Gasteiger partial charge in [-0.3, -0.25) is 10.1 Å². The van der Waals surface area contributed by atoms with E-state index in [4.69, 9.17) is 0 Å². The Morgan fingerprint density at radius 3 is 2.76 bits per heavy atom. The fraction of sp³-hybridized carbons (Fsp3) is 0.0909. The number of anilines is 1. The van der Waals surface area contributed by atoms with Crippen molar-refractivity contribution in [3.8, 4) is 11.3 Å². The SMILES string of the molecule is Cc1cc(C)n2nc(C(=O)Nc3nc(-c4cccc5ccccc45)cs3)cc2n1. The molecule has 0 aliphatic heterocycles. The second-order valence-corrected chi connectivity index (χ2v) is 7.72. The van der Waals surface area contributed by atoms with E-state index in [1.165, 1.54) is 11.3 Å². The van der Waals surface area contributed by atoms with Crippen LogP contribution in [0.5, 0.6) is 0 Å². The molecule has 2 aromatic carbocycles. The van der Waals surface area contributed by atoms with Gasteiger partial charge >= 0.3 is 0 Å². The molecule has 0 aliphatic rings. The van der Waals surface area contributed by atoms with Crippen molar-refractivity contribution in [2.45, 2.75) is 13.8 Å². The van der Waals surface area contributed by atoms with Gasteiger partial charge in [0.2, 0.25) is 0 Å². The van der Waals surface area contributed by atoms with Crippen LogP contribution in [-0.4, -0.2) is 25.5 Å². The third kappa shape index (κ3) is 3.15. The Hall–Kier alpha value is -3.58. The predicted octanol–water partition coefficient (Wildman–Crippen LogP) is 4.88. The number of nitrogens with zero attached hydrogens (tertiary/aromatic N) is 4. The molecule has 0 saturated carbocycles. The lowest BCUT2D eigenvalue weighted by Crippen LogP contribution is -2.12. The van der Waals surface area contributed by atoms with Gasteiger partial charge in [0.1, 0.15) is 0 Å². The number of nitrogens with one attached hydrogen (secondary N) is 1. The first-order valence-corrected chi connectivity index (χ1v) is 10.1. The summed E-state index contributed by atoms with van der Waals surface area (Å²) in [6.07, 6.45) is 0. The first-order valence-electron chi connectivity index (χ1n) is 9.17. The van der Waals surface area contributed by atoms with E-state index < -0.39 is 0 Å². The van der Waals surface area contributed by atoms with Crippen molar-refractivity contribution in [1.82, 2.24) is 19.6 Å². The molecule has 29 heavy (non-hydrogen) atoms. The van der Waals surface area contributed by atoms with E-state index in [1.807, 2.05) is 49.6 Å². The number of fused-ring (bicyclic) bond motifs is 2. The molecule has 1 N–H and O–H groups in total. The molecule has 5 rings (SSSR count). The number of rotatable bonds is 3. The van der Waals surface area contributed by atoms with Crippen LogP contribution in [0.25, 0.3) is 27.7 Å². The van der Waals surface area contributed by atoms with Crippen LogP contribution in [0.4, 0.5) is 5.13 Å². The molecule has 0 aliphatic carbocycles. The van der Waals surface area contributed by atoms with Crippen molar-refractivity contribution in [1.29, 1.82) is 0 Å². The Kier molecular flexibility index (Phi) is 4.10. The van der Waals surface area contributed by atoms with E-state index in [9.17, 15) is 4.79 Å². The maximum atomic E-state index is 12.7. The summed E-state index contributed by atoms with van der Waals surface area (Å²) in [5, 5.41) is 12.0. The lowest BCUT2D eigenvalue weighted by Gasteiger charge is -2.03. The number of benzene rings is 2. The minimum atomic E-state index is -0.300. The zero-order chi connectivity index (χ0) is 20.0. The van der Waals surface area contributed by atoms with Crippen molar-refractivity contribution in [2.75, 3.05) is 5.32 Å². The molecule has 0 saturated heterocycles.